The minimum Gasteiger partial charge on any atom is -0.468 e. The molecule has 1 unspecified atom stereocenters. The Hall–Kier alpha value is -0.580. The standard InChI is InChI=1S/C11H12BrNO2.ClH/c1-15-11(14)10-5-7-2-3-9(12)4-8(7)6-13-10;/h2-4,10,13H,5-6H2,1H3;1H. The molecular formula is C11H13BrClNO2. The average molecular weight is 307 g/mol. The highest BCUT2D eigenvalue weighted by Crippen LogP contribution is 2.21. The summed E-state index contributed by atoms with van der Waals surface area (Å²) < 4.78 is 5.79. The van der Waals surface area contributed by atoms with Crippen LogP contribution in [0.2, 0.25) is 0 Å². The third-order valence-corrected chi connectivity index (χ3v) is 3.11. The maximum Gasteiger partial charge on any atom is 0.323 e. The fraction of sp³-hybridized carbons (Fsp3) is 0.364. The van der Waals surface area contributed by atoms with Crippen molar-refractivity contribution < 1.29 is 9.53 Å². The average Bonchev–Trinajstić information content (AvgIpc) is 2.27. The van der Waals surface area contributed by atoms with Crippen molar-refractivity contribution >= 4 is 34.3 Å². The van der Waals surface area contributed by atoms with Crippen LogP contribution >= 0.6 is 28.3 Å². The molecule has 1 aliphatic rings. The van der Waals surface area contributed by atoms with Crippen molar-refractivity contribution in [2.24, 2.45) is 0 Å². The minimum atomic E-state index is -0.205. The molecular weight excluding hydrogens is 293 g/mol. The van der Waals surface area contributed by atoms with E-state index in [-0.39, 0.29) is 24.4 Å². The second-order valence-corrected chi connectivity index (χ2v) is 4.49. The van der Waals surface area contributed by atoms with Crippen LogP contribution in [-0.2, 0) is 22.5 Å². The molecule has 0 saturated carbocycles. The van der Waals surface area contributed by atoms with E-state index in [1.54, 1.807) is 0 Å². The van der Waals surface area contributed by atoms with Gasteiger partial charge in [-0.15, -0.1) is 12.4 Å². The smallest absolute Gasteiger partial charge is 0.323 e. The Balaban J connectivity index is 0.00000128. The molecule has 2 rings (SSSR count). The molecule has 0 bridgehead atoms. The summed E-state index contributed by atoms with van der Waals surface area (Å²) >= 11 is 3.43. The van der Waals surface area contributed by atoms with Crippen LogP contribution < -0.4 is 5.32 Å². The van der Waals surface area contributed by atoms with E-state index < -0.39 is 0 Å². The normalized spacial score (nSPS) is 18.2. The number of fused-ring (bicyclic) bond motifs is 1. The van der Waals surface area contributed by atoms with Gasteiger partial charge in [0.25, 0.3) is 0 Å². The summed E-state index contributed by atoms with van der Waals surface area (Å²) in [7, 11) is 1.42. The van der Waals surface area contributed by atoms with Gasteiger partial charge >= 0.3 is 5.97 Å². The summed E-state index contributed by atoms with van der Waals surface area (Å²) in [4.78, 5) is 11.3. The summed E-state index contributed by atoms with van der Waals surface area (Å²) in [5, 5.41) is 3.16. The summed E-state index contributed by atoms with van der Waals surface area (Å²) in [6.07, 6.45) is 0.704. The first-order valence-corrected chi connectivity index (χ1v) is 5.58. The third-order valence-electron chi connectivity index (χ3n) is 2.62. The Bertz CT molecular complexity index is 398. The highest BCUT2D eigenvalue weighted by molar-refractivity contribution is 9.10. The lowest BCUT2D eigenvalue weighted by molar-refractivity contribution is -0.143. The Kier molecular flexibility index (Phi) is 4.77. The number of rotatable bonds is 1. The lowest BCUT2D eigenvalue weighted by Gasteiger charge is -2.24. The van der Waals surface area contributed by atoms with Crippen LogP contribution in [0.25, 0.3) is 0 Å². The second-order valence-electron chi connectivity index (χ2n) is 3.57. The number of methoxy groups -OCH3 is 1. The molecule has 1 aliphatic heterocycles. The van der Waals surface area contributed by atoms with E-state index in [9.17, 15) is 4.79 Å². The quantitative estimate of drug-likeness (QED) is 0.807. The van der Waals surface area contributed by atoms with E-state index >= 15 is 0 Å². The number of ether oxygens (including phenoxy) is 1. The fourth-order valence-electron chi connectivity index (χ4n) is 1.79. The number of carbonyl (C=O) groups excluding carboxylic acids is 1. The van der Waals surface area contributed by atoms with E-state index in [0.29, 0.717) is 13.0 Å². The van der Waals surface area contributed by atoms with Crippen LogP contribution in [0.15, 0.2) is 22.7 Å². The molecule has 0 amide bonds. The molecule has 0 fully saturated rings. The van der Waals surface area contributed by atoms with Crippen molar-refractivity contribution in [1.82, 2.24) is 5.32 Å². The maximum absolute atomic E-state index is 11.3. The molecule has 1 atom stereocenters. The zero-order valence-corrected chi connectivity index (χ0v) is 11.2. The maximum atomic E-state index is 11.3. The Labute approximate surface area is 109 Å². The van der Waals surface area contributed by atoms with Crippen molar-refractivity contribution in [2.45, 2.75) is 19.0 Å². The zero-order valence-electron chi connectivity index (χ0n) is 8.83. The highest BCUT2D eigenvalue weighted by Gasteiger charge is 2.24. The van der Waals surface area contributed by atoms with Gasteiger partial charge in [-0.25, -0.2) is 0 Å². The second kappa shape index (κ2) is 5.66. The van der Waals surface area contributed by atoms with Crippen molar-refractivity contribution in [3.63, 3.8) is 0 Å². The molecule has 3 nitrogen and oxygen atoms in total. The van der Waals surface area contributed by atoms with Gasteiger partial charge in [0.2, 0.25) is 0 Å². The Morgan fingerprint density at radius 2 is 2.25 bits per heavy atom. The van der Waals surface area contributed by atoms with Gasteiger partial charge in [-0.05, 0) is 29.7 Å². The van der Waals surface area contributed by atoms with Crippen LogP contribution in [0.1, 0.15) is 11.1 Å². The highest BCUT2D eigenvalue weighted by atomic mass is 79.9. The summed E-state index contributed by atoms with van der Waals surface area (Å²) in [6, 6.07) is 5.92. The SMILES string of the molecule is COC(=O)C1Cc2ccc(Br)cc2CN1.Cl. The summed E-state index contributed by atoms with van der Waals surface area (Å²) in [5.41, 5.74) is 2.46. The molecule has 1 N–H and O–H groups in total. The summed E-state index contributed by atoms with van der Waals surface area (Å²) in [6.45, 7) is 0.717. The molecule has 0 saturated heterocycles. The van der Waals surface area contributed by atoms with Crippen LogP contribution in [0, 0.1) is 0 Å². The molecule has 1 heterocycles. The molecule has 16 heavy (non-hydrogen) atoms. The van der Waals surface area contributed by atoms with Gasteiger partial charge < -0.3 is 10.1 Å². The predicted octanol–water partition coefficient (Wildman–Crippen LogP) is 2.06. The molecule has 88 valence electrons. The van der Waals surface area contributed by atoms with Crippen LogP contribution in [0.5, 0.6) is 0 Å². The number of hydrogen-bond donors (Lipinski definition) is 1. The number of benzene rings is 1. The lowest BCUT2D eigenvalue weighted by Crippen LogP contribution is -2.42. The zero-order chi connectivity index (χ0) is 10.8. The number of esters is 1. The Morgan fingerprint density at radius 1 is 1.50 bits per heavy atom. The monoisotopic (exact) mass is 305 g/mol. The van der Waals surface area contributed by atoms with Gasteiger partial charge in [-0.1, -0.05) is 22.0 Å². The summed E-state index contributed by atoms with van der Waals surface area (Å²) in [5.74, 6) is -0.191. The van der Waals surface area contributed by atoms with Gasteiger partial charge in [0.05, 0.1) is 7.11 Å². The number of nitrogens with one attached hydrogen (secondary N) is 1. The molecule has 1 aromatic carbocycles. The minimum absolute atomic E-state index is 0. The van der Waals surface area contributed by atoms with Gasteiger partial charge in [0, 0.05) is 11.0 Å². The van der Waals surface area contributed by atoms with Gasteiger partial charge in [-0.3, -0.25) is 4.79 Å². The fourth-order valence-corrected chi connectivity index (χ4v) is 2.20. The van der Waals surface area contributed by atoms with Gasteiger partial charge in [0.15, 0.2) is 0 Å². The van der Waals surface area contributed by atoms with Crippen LogP contribution in [-0.4, -0.2) is 19.1 Å². The van der Waals surface area contributed by atoms with E-state index in [1.807, 2.05) is 6.07 Å². The molecule has 1 aromatic rings. The van der Waals surface area contributed by atoms with E-state index in [0.717, 1.165) is 4.47 Å². The topological polar surface area (TPSA) is 38.3 Å². The van der Waals surface area contributed by atoms with Crippen molar-refractivity contribution in [1.29, 1.82) is 0 Å². The number of hydrogen-bond acceptors (Lipinski definition) is 3. The lowest BCUT2D eigenvalue weighted by atomic mass is 9.96. The largest absolute Gasteiger partial charge is 0.468 e. The number of halogens is 2. The van der Waals surface area contributed by atoms with Crippen LogP contribution in [0.4, 0.5) is 0 Å². The van der Waals surface area contributed by atoms with Crippen molar-refractivity contribution in [2.75, 3.05) is 7.11 Å². The molecule has 0 spiro atoms. The van der Waals surface area contributed by atoms with Gasteiger partial charge in [0.1, 0.15) is 6.04 Å². The first-order chi connectivity index (χ1) is 7.20. The Morgan fingerprint density at radius 3 is 2.94 bits per heavy atom. The predicted molar refractivity (Wildman–Crippen MR) is 67.7 cm³/mol. The molecule has 0 aliphatic carbocycles. The third kappa shape index (κ3) is 2.75. The molecule has 0 radical (unpaired) electrons. The number of carbonyl (C=O) groups is 1. The molecule has 0 aromatic heterocycles. The van der Waals surface area contributed by atoms with Crippen molar-refractivity contribution in [3.8, 4) is 0 Å². The van der Waals surface area contributed by atoms with Crippen molar-refractivity contribution in [3.05, 3.63) is 33.8 Å². The van der Waals surface area contributed by atoms with Crippen LogP contribution in [0.3, 0.4) is 0 Å². The van der Waals surface area contributed by atoms with E-state index in [4.69, 9.17) is 4.74 Å². The van der Waals surface area contributed by atoms with E-state index in [1.165, 1.54) is 18.2 Å². The van der Waals surface area contributed by atoms with E-state index in [2.05, 4.69) is 33.4 Å². The first-order valence-electron chi connectivity index (χ1n) is 4.79. The van der Waals surface area contributed by atoms with Gasteiger partial charge in [-0.2, -0.15) is 0 Å². The molecule has 5 heteroatoms. The first kappa shape index (κ1) is 13.5.